The molecule has 1 aliphatic heterocycles. The number of amides is 1. The lowest BCUT2D eigenvalue weighted by Crippen LogP contribution is -2.44. The Hall–Kier alpha value is -2.91. The van der Waals surface area contributed by atoms with Crippen molar-refractivity contribution in [3.8, 4) is 11.1 Å². The number of likely N-dealkylation sites (tertiary alicyclic amines) is 1. The van der Waals surface area contributed by atoms with Crippen molar-refractivity contribution in [2.75, 3.05) is 25.4 Å². The number of amidine groups is 1. The van der Waals surface area contributed by atoms with Gasteiger partial charge in [-0.05, 0) is 79.6 Å². The van der Waals surface area contributed by atoms with Crippen molar-refractivity contribution in [1.29, 1.82) is 5.41 Å². The van der Waals surface area contributed by atoms with Gasteiger partial charge in [-0.25, -0.2) is 8.42 Å². The molecule has 1 aliphatic rings. The number of rotatable bonds is 10. The van der Waals surface area contributed by atoms with E-state index in [9.17, 15) is 13.2 Å². The minimum atomic E-state index is -3.86. The molecule has 10 heteroatoms. The van der Waals surface area contributed by atoms with Crippen LogP contribution in [0.4, 0.5) is 0 Å². The van der Waals surface area contributed by atoms with E-state index < -0.39 is 15.8 Å². The summed E-state index contributed by atoms with van der Waals surface area (Å²) >= 11 is 12.4. The fraction of sp³-hybridized carbons (Fsp3) is 0.333. The Labute approximate surface area is 245 Å². The Kier molecular flexibility index (Phi) is 9.90. The van der Waals surface area contributed by atoms with E-state index in [1.165, 1.54) is 0 Å². The first-order chi connectivity index (χ1) is 19.1. The molecule has 0 aliphatic carbocycles. The molecule has 0 saturated carbocycles. The van der Waals surface area contributed by atoms with Gasteiger partial charge in [0.25, 0.3) is 0 Å². The van der Waals surface area contributed by atoms with E-state index in [1.807, 2.05) is 6.07 Å². The summed E-state index contributed by atoms with van der Waals surface area (Å²) in [5, 5.41) is 8.67. The van der Waals surface area contributed by atoms with Crippen molar-refractivity contribution in [1.82, 2.24) is 4.90 Å². The monoisotopic (exact) mass is 600 g/mol. The number of nitrogens with one attached hydrogen (secondary N) is 1. The third kappa shape index (κ3) is 7.43. The third-order valence-electron chi connectivity index (χ3n) is 7.43. The fourth-order valence-corrected chi connectivity index (χ4v) is 7.34. The molecule has 40 heavy (non-hydrogen) atoms. The lowest BCUT2D eigenvalue weighted by Gasteiger charge is -2.34. The van der Waals surface area contributed by atoms with Crippen LogP contribution in [0.15, 0.2) is 71.6 Å². The van der Waals surface area contributed by atoms with Crippen molar-refractivity contribution in [2.24, 2.45) is 23.3 Å². The normalized spacial score (nSPS) is 15.1. The fourth-order valence-electron chi connectivity index (χ4n) is 5.25. The van der Waals surface area contributed by atoms with Crippen LogP contribution in [0.3, 0.4) is 0 Å². The number of halogens is 2. The first kappa shape index (κ1) is 30.1. The number of hydrogen-bond donors (Lipinski definition) is 3. The average molecular weight is 602 g/mol. The van der Waals surface area contributed by atoms with Crippen molar-refractivity contribution in [3.63, 3.8) is 0 Å². The number of sulfone groups is 1. The second-order valence-corrected chi connectivity index (χ2v) is 13.2. The predicted molar refractivity (Wildman–Crippen MR) is 162 cm³/mol. The van der Waals surface area contributed by atoms with E-state index in [4.69, 9.17) is 40.1 Å². The molecule has 1 saturated heterocycles. The van der Waals surface area contributed by atoms with Crippen LogP contribution in [0.25, 0.3) is 11.1 Å². The van der Waals surface area contributed by atoms with Gasteiger partial charge in [0, 0.05) is 34.3 Å². The zero-order chi connectivity index (χ0) is 28.9. The van der Waals surface area contributed by atoms with Crippen LogP contribution in [0, 0.1) is 17.2 Å². The van der Waals surface area contributed by atoms with Crippen molar-refractivity contribution < 1.29 is 13.2 Å². The lowest BCUT2D eigenvalue weighted by molar-refractivity contribution is -0.136. The van der Waals surface area contributed by atoms with Crippen LogP contribution >= 0.6 is 23.2 Å². The summed E-state index contributed by atoms with van der Waals surface area (Å²) in [6.07, 6.45) is 2.84. The Morgan fingerprint density at radius 3 is 2.42 bits per heavy atom. The minimum absolute atomic E-state index is 0.0861. The predicted octanol–water partition coefficient (Wildman–Crippen LogP) is 5.16. The van der Waals surface area contributed by atoms with Gasteiger partial charge >= 0.3 is 0 Å². The quantitative estimate of drug-likeness (QED) is 0.218. The summed E-state index contributed by atoms with van der Waals surface area (Å²) in [5.74, 6) is -0.944. The zero-order valence-electron chi connectivity index (χ0n) is 22.2. The van der Waals surface area contributed by atoms with Gasteiger partial charge in [-0.2, -0.15) is 0 Å². The first-order valence-corrected chi connectivity index (χ1v) is 15.7. The maximum Gasteiger partial charge on any atom is 0.227 e. The van der Waals surface area contributed by atoms with Crippen LogP contribution in [-0.2, 0) is 21.1 Å². The van der Waals surface area contributed by atoms with Crippen LogP contribution < -0.4 is 11.5 Å². The van der Waals surface area contributed by atoms with Gasteiger partial charge in [-0.1, -0.05) is 59.6 Å². The number of piperidine rings is 1. The molecule has 0 spiro atoms. The summed E-state index contributed by atoms with van der Waals surface area (Å²) in [6, 6.07) is 18.7. The van der Waals surface area contributed by atoms with E-state index in [1.54, 1.807) is 65.6 Å². The molecule has 1 amide bonds. The number of nitrogen functional groups attached to an aromatic ring is 1. The van der Waals surface area contributed by atoms with Gasteiger partial charge in [-0.15, -0.1) is 0 Å². The largest absolute Gasteiger partial charge is 0.384 e. The van der Waals surface area contributed by atoms with Crippen molar-refractivity contribution in [3.05, 3.63) is 87.9 Å². The van der Waals surface area contributed by atoms with Gasteiger partial charge in [0.1, 0.15) is 5.84 Å². The molecule has 1 heterocycles. The summed E-state index contributed by atoms with van der Waals surface area (Å²) in [7, 11) is -3.86. The van der Waals surface area contributed by atoms with Crippen molar-refractivity contribution in [2.45, 2.75) is 30.6 Å². The summed E-state index contributed by atoms with van der Waals surface area (Å²) in [6.45, 7) is 1.78. The summed E-state index contributed by atoms with van der Waals surface area (Å²) in [4.78, 5) is 15.7. The third-order valence-corrected chi connectivity index (χ3v) is 9.79. The van der Waals surface area contributed by atoms with Gasteiger partial charge in [0.2, 0.25) is 5.91 Å². The molecule has 3 aromatic rings. The van der Waals surface area contributed by atoms with E-state index in [0.29, 0.717) is 52.3 Å². The molecule has 5 N–H and O–H groups in total. The smallest absolute Gasteiger partial charge is 0.227 e. The summed E-state index contributed by atoms with van der Waals surface area (Å²) < 4.78 is 27.5. The maximum atomic E-state index is 13.8. The average Bonchev–Trinajstić information content (AvgIpc) is 2.93. The van der Waals surface area contributed by atoms with Crippen LogP contribution in [0.1, 0.15) is 30.4 Å². The Bertz CT molecular complexity index is 1490. The van der Waals surface area contributed by atoms with E-state index in [2.05, 4.69) is 0 Å². The number of nitrogens with two attached hydrogens (primary N) is 2. The maximum absolute atomic E-state index is 13.8. The Balaban J connectivity index is 1.62. The molecule has 3 aromatic carbocycles. The van der Waals surface area contributed by atoms with Gasteiger partial charge in [-0.3, -0.25) is 10.2 Å². The molecule has 0 aromatic heterocycles. The van der Waals surface area contributed by atoms with Crippen LogP contribution in [0.2, 0.25) is 10.0 Å². The van der Waals surface area contributed by atoms with Crippen LogP contribution in [-0.4, -0.2) is 50.4 Å². The molecular weight excluding hydrogens is 567 g/mol. The second-order valence-electron chi connectivity index (χ2n) is 10.3. The molecule has 0 radical (unpaired) electrons. The number of carbonyl (C=O) groups is 1. The lowest BCUT2D eigenvalue weighted by atomic mass is 9.92. The number of nitrogens with zero attached hydrogens (tertiary/aromatic N) is 1. The molecule has 0 bridgehead atoms. The highest BCUT2D eigenvalue weighted by molar-refractivity contribution is 7.91. The molecule has 7 nitrogen and oxygen atoms in total. The van der Waals surface area contributed by atoms with Crippen LogP contribution in [0.5, 0.6) is 0 Å². The number of hydrogen-bond acceptors (Lipinski definition) is 5. The molecule has 212 valence electrons. The molecule has 0 unspecified atom stereocenters. The Morgan fingerprint density at radius 1 is 1.02 bits per heavy atom. The van der Waals surface area contributed by atoms with Crippen molar-refractivity contribution >= 4 is 44.8 Å². The number of carbonyl (C=O) groups excluding carboxylic acids is 1. The van der Waals surface area contributed by atoms with Gasteiger partial charge in [0.15, 0.2) is 9.84 Å². The van der Waals surface area contributed by atoms with E-state index in [-0.39, 0.29) is 28.8 Å². The Morgan fingerprint density at radius 2 is 1.75 bits per heavy atom. The van der Waals surface area contributed by atoms with E-state index in [0.717, 1.165) is 24.8 Å². The second kappa shape index (κ2) is 13.2. The molecule has 1 fully saturated rings. The van der Waals surface area contributed by atoms with Gasteiger partial charge in [0.05, 0.1) is 16.6 Å². The van der Waals surface area contributed by atoms with E-state index >= 15 is 0 Å². The molecular formula is C30H34Cl2N4O3S. The molecule has 1 atom stereocenters. The standard InChI is InChI=1S/C30H34Cl2N4O3S/c31-25-7-8-27(28(32)18-25)22-4-2-6-26(17-22)40(38,39)19-24(16-21-3-1-5-23(15-21)29(34)35)30(37)36-13-10-20(9-12-33)11-14-36/h1-8,15,17-18,20,24H,9-14,16,19,33H2,(H3,34,35)/t24-/m1/s1. The van der Waals surface area contributed by atoms with Gasteiger partial charge < -0.3 is 16.4 Å². The highest BCUT2D eigenvalue weighted by Crippen LogP contribution is 2.32. The summed E-state index contributed by atoms with van der Waals surface area (Å²) in [5.41, 5.74) is 14.0. The SMILES string of the molecule is N=C(N)c1cccc(C[C@H](CS(=O)(=O)c2cccc(-c3ccc(Cl)cc3Cl)c2)C(=O)N2CCC(CCN)CC2)c1. The first-order valence-electron chi connectivity index (χ1n) is 13.3. The minimum Gasteiger partial charge on any atom is -0.384 e. The highest BCUT2D eigenvalue weighted by atomic mass is 35.5. The topological polar surface area (TPSA) is 130 Å². The number of benzene rings is 3. The highest BCUT2D eigenvalue weighted by Gasteiger charge is 2.32. The molecule has 4 rings (SSSR count). The zero-order valence-corrected chi connectivity index (χ0v) is 24.5.